The zero-order valence-electron chi connectivity index (χ0n) is 40.1. The first-order valence-electron chi connectivity index (χ1n) is 24.2. The first-order chi connectivity index (χ1) is 33.4. The topological polar surface area (TPSA) is 226 Å². The van der Waals surface area contributed by atoms with E-state index >= 15 is 0 Å². The monoisotopic (exact) mass is 958 g/mol. The van der Waals surface area contributed by atoms with Gasteiger partial charge in [0.05, 0.1) is 125 Å². The van der Waals surface area contributed by atoms with Crippen LogP contribution in [0.4, 0.5) is 0 Å². The zero-order chi connectivity index (χ0) is 48.4. The zero-order valence-corrected chi connectivity index (χ0v) is 40.1. The number of imidazole rings is 1. The van der Waals surface area contributed by atoms with Gasteiger partial charge in [-0.15, -0.1) is 0 Å². The first kappa shape index (κ1) is 56.3. The van der Waals surface area contributed by atoms with Crippen molar-refractivity contribution in [1.29, 1.82) is 5.26 Å². The first-order valence-corrected chi connectivity index (χ1v) is 24.2. The van der Waals surface area contributed by atoms with Crippen LogP contribution in [0.3, 0.4) is 0 Å². The molecule has 2 aliphatic rings. The highest BCUT2D eigenvalue weighted by atomic mass is 16.6. The van der Waals surface area contributed by atoms with Gasteiger partial charge in [0.2, 0.25) is 0 Å². The average Bonchev–Trinajstić information content (AvgIpc) is 3.73. The van der Waals surface area contributed by atoms with Gasteiger partial charge in [-0.3, -0.25) is 13.9 Å². The van der Waals surface area contributed by atoms with E-state index in [1.165, 1.54) is 23.5 Å². The Hall–Kier alpha value is -4.33. The van der Waals surface area contributed by atoms with Crippen molar-refractivity contribution < 1.29 is 57.6 Å². The highest BCUT2D eigenvalue weighted by molar-refractivity contribution is 5.85. The summed E-state index contributed by atoms with van der Waals surface area (Å²) in [4.78, 5) is 43.5. The molecular weight excluding hydrogens is 883 g/mol. The fourth-order valence-corrected chi connectivity index (χ4v) is 8.08. The maximum Gasteiger partial charge on any atom is 0.332 e. The number of nitrogens with zero attached hydrogens (tertiary/aromatic N) is 5. The molecule has 1 aromatic carbocycles. The minimum atomic E-state index is -1.03. The Morgan fingerprint density at radius 2 is 1.07 bits per heavy atom. The third kappa shape index (κ3) is 21.1. The number of fused-ring (bicyclic) bond motifs is 1. The Kier molecular flexibility index (Phi) is 28.9. The fourth-order valence-electron chi connectivity index (χ4n) is 8.08. The summed E-state index contributed by atoms with van der Waals surface area (Å²) in [5, 5.41) is 27.1. The normalized spacial score (nSPS) is 14.7. The molecule has 0 bridgehead atoms. The maximum absolute atomic E-state index is 13.9. The molecule has 2 heterocycles. The number of hydrogen-bond acceptors (Lipinski definition) is 15. The van der Waals surface area contributed by atoms with Gasteiger partial charge in [-0.25, -0.2) is 14.6 Å². The van der Waals surface area contributed by atoms with E-state index in [0.717, 1.165) is 57.4 Å². The molecule has 2 aromatic heterocycles. The third-order valence-electron chi connectivity index (χ3n) is 11.5. The molecule has 0 atom stereocenters. The van der Waals surface area contributed by atoms with Crippen LogP contribution in [0.2, 0.25) is 0 Å². The van der Waals surface area contributed by atoms with Gasteiger partial charge >= 0.3 is 11.7 Å². The third-order valence-corrected chi connectivity index (χ3v) is 11.5. The Balaban J connectivity index is 0.000000313. The number of aliphatic hydroxyl groups is 1. The van der Waals surface area contributed by atoms with Crippen molar-refractivity contribution in [3.8, 4) is 17.5 Å². The van der Waals surface area contributed by atoms with Gasteiger partial charge in [0.15, 0.2) is 11.2 Å². The molecule has 0 spiro atoms. The Labute approximate surface area is 399 Å². The molecule has 19 heteroatoms. The molecule has 2 N–H and O–H groups in total. The number of carboxylic acid groups (broad SMARTS) is 1. The van der Waals surface area contributed by atoms with Crippen LogP contribution in [0, 0.1) is 23.2 Å². The molecule has 2 fully saturated rings. The van der Waals surface area contributed by atoms with Crippen LogP contribution in [-0.4, -0.2) is 161 Å². The molecule has 0 amide bonds. The van der Waals surface area contributed by atoms with E-state index in [0.29, 0.717) is 165 Å². The van der Waals surface area contributed by atoms with Crippen molar-refractivity contribution in [2.75, 3.05) is 126 Å². The van der Waals surface area contributed by atoms with Gasteiger partial charge < -0.3 is 57.4 Å². The average molecular weight is 958 g/mol. The smallest absolute Gasteiger partial charge is 0.332 e. The van der Waals surface area contributed by atoms with Crippen molar-refractivity contribution in [2.24, 2.45) is 11.8 Å². The number of nitriles is 1. The molecule has 3 aromatic rings. The van der Waals surface area contributed by atoms with Crippen LogP contribution in [0.1, 0.15) is 69.8 Å². The highest BCUT2D eigenvalue weighted by Crippen LogP contribution is 2.29. The highest BCUT2D eigenvalue weighted by Gasteiger charge is 2.26. The van der Waals surface area contributed by atoms with E-state index in [1.807, 2.05) is 0 Å². The van der Waals surface area contributed by atoms with E-state index < -0.39 is 5.97 Å². The number of methoxy groups -OCH3 is 1. The minimum Gasteiger partial charge on any atom is -0.478 e. The molecule has 19 nitrogen and oxygen atoms in total. The van der Waals surface area contributed by atoms with E-state index in [2.05, 4.69) is 6.07 Å². The minimum absolute atomic E-state index is 0.0322. The van der Waals surface area contributed by atoms with Crippen molar-refractivity contribution >= 4 is 23.2 Å². The molecule has 0 radical (unpaired) electrons. The lowest BCUT2D eigenvalue weighted by atomic mass is 9.89. The van der Waals surface area contributed by atoms with Gasteiger partial charge in [0, 0.05) is 31.8 Å². The number of carbonyl (C=O) groups is 1. The lowest BCUT2D eigenvalue weighted by molar-refractivity contribution is -0.131. The van der Waals surface area contributed by atoms with Crippen molar-refractivity contribution in [3.63, 3.8) is 0 Å². The predicted octanol–water partition coefficient (Wildman–Crippen LogP) is 4.57. The molecule has 2 aliphatic carbocycles. The standard InChI is InChI=1S/C30H35N5O4.C19H40O10/c31-17-18-33-26-28(32-27(33)24-14-11-21(12-15-24)13-16-25(36)37)34(19-22-7-3-1-4-8-22)30(39)35(29(26)38)20-23-9-5-2-6-10-23;1-21-4-5-23-8-9-25-12-13-27-16-17-29-19-18-28-15-14-26-11-10-24-7-6-22-3-2-20/h11-16,22-23H,1-10,18-20H2,(H,36,37);20H,2-19H2,1H3/b16-13+;. The van der Waals surface area contributed by atoms with E-state index in [-0.39, 0.29) is 24.4 Å². The largest absolute Gasteiger partial charge is 0.478 e. The number of benzene rings is 1. The molecule has 68 heavy (non-hydrogen) atoms. The molecule has 0 saturated heterocycles. The van der Waals surface area contributed by atoms with Gasteiger partial charge in [0.25, 0.3) is 5.56 Å². The summed E-state index contributed by atoms with van der Waals surface area (Å²) >= 11 is 0. The van der Waals surface area contributed by atoms with Crippen LogP contribution in [0.15, 0.2) is 39.9 Å². The van der Waals surface area contributed by atoms with E-state index in [1.54, 1.807) is 40.5 Å². The quantitative estimate of drug-likeness (QED) is 0.0618. The van der Waals surface area contributed by atoms with E-state index in [9.17, 15) is 19.6 Å². The summed E-state index contributed by atoms with van der Waals surface area (Å²) in [5.41, 5.74) is 1.35. The van der Waals surface area contributed by atoms with Crippen LogP contribution >= 0.6 is 0 Å². The summed E-state index contributed by atoms with van der Waals surface area (Å²) in [5.74, 6) is 0.0630. The Morgan fingerprint density at radius 3 is 1.49 bits per heavy atom. The van der Waals surface area contributed by atoms with Crippen LogP contribution in [-0.2, 0) is 67.1 Å². The van der Waals surface area contributed by atoms with Crippen molar-refractivity contribution in [3.05, 3.63) is 56.7 Å². The van der Waals surface area contributed by atoms with Crippen molar-refractivity contribution in [2.45, 2.75) is 83.8 Å². The number of aliphatic carboxylic acids is 1. The van der Waals surface area contributed by atoms with Crippen molar-refractivity contribution in [1.82, 2.24) is 18.7 Å². The van der Waals surface area contributed by atoms with Crippen LogP contribution < -0.4 is 11.2 Å². The number of ether oxygens (including phenoxy) is 9. The Bertz CT molecular complexity index is 1990. The van der Waals surface area contributed by atoms with Gasteiger partial charge in [-0.05, 0) is 49.2 Å². The summed E-state index contributed by atoms with van der Waals surface area (Å²) in [6, 6.07) is 9.29. The van der Waals surface area contributed by atoms with E-state index in [4.69, 9.17) is 57.8 Å². The van der Waals surface area contributed by atoms with Gasteiger partial charge in [-0.1, -0.05) is 62.8 Å². The number of hydrogen-bond donors (Lipinski definition) is 2. The van der Waals surface area contributed by atoms with Gasteiger partial charge in [0.1, 0.15) is 12.4 Å². The Morgan fingerprint density at radius 1 is 0.647 bits per heavy atom. The molecule has 5 rings (SSSR count). The second-order valence-corrected chi connectivity index (χ2v) is 16.6. The SMILES string of the molecule is COCCOCCOCCOCCOCCOCCOCCOCCOCCO.N#CCn1c(-c2ccc(/C=C/C(=O)O)cc2)nc2c1c(=O)n(CC1CCCCC1)c(=O)n2CC1CCCCC1. The number of rotatable bonds is 34. The fraction of sp³-hybridized carbons (Fsp3) is 0.694. The lowest BCUT2D eigenvalue weighted by Gasteiger charge is -2.24. The number of aromatic nitrogens is 4. The predicted molar refractivity (Wildman–Crippen MR) is 255 cm³/mol. The molecular formula is C49H75N5O14. The summed E-state index contributed by atoms with van der Waals surface area (Å²) in [6.45, 7) is 9.74. The number of carboxylic acids is 1. The second kappa shape index (κ2) is 34.9. The molecule has 2 saturated carbocycles. The summed E-state index contributed by atoms with van der Waals surface area (Å²) in [6.07, 6.45) is 13.6. The summed E-state index contributed by atoms with van der Waals surface area (Å²) in [7, 11) is 1.64. The summed E-state index contributed by atoms with van der Waals surface area (Å²) < 4.78 is 52.2. The number of aliphatic hydroxyl groups excluding tert-OH is 1. The molecule has 0 aliphatic heterocycles. The lowest BCUT2D eigenvalue weighted by Crippen LogP contribution is -2.43. The molecule has 0 unspecified atom stereocenters. The van der Waals surface area contributed by atoms with Gasteiger partial charge in [-0.2, -0.15) is 5.26 Å². The van der Waals surface area contributed by atoms with Crippen LogP contribution in [0.5, 0.6) is 0 Å². The maximum atomic E-state index is 13.9. The molecule has 380 valence electrons. The second-order valence-electron chi connectivity index (χ2n) is 16.6. The van der Waals surface area contributed by atoms with Crippen LogP contribution in [0.25, 0.3) is 28.6 Å².